The van der Waals surface area contributed by atoms with E-state index >= 15 is 0 Å². The van der Waals surface area contributed by atoms with Gasteiger partial charge in [-0.2, -0.15) is 0 Å². The minimum absolute atomic E-state index is 0.124. The minimum Gasteiger partial charge on any atom is -0.368 e. The first-order chi connectivity index (χ1) is 13.2. The Morgan fingerprint density at radius 1 is 0.741 bits per heavy atom. The van der Waals surface area contributed by atoms with Gasteiger partial charge in [-0.1, -0.05) is 54.6 Å². The Morgan fingerprint density at radius 3 is 2.07 bits per heavy atom. The average molecular weight is 356 g/mol. The van der Waals surface area contributed by atoms with E-state index < -0.39 is 0 Å². The molecule has 0 saturated carbocycles. The molecule has 3 nitrogen and oxygen atoms in total. The molecule has 27 heavy (non-hydrogen) atoms. The molecule has 3 heteroatoms. The standard InChI is InChI=1S/C24H24N2O/c1-19-6-5-9-23(18-19)25-14-16-26(17-15-25)24(27)22-12-10-21(11-13-22)20-7-3-2-4-8-20/h2-13,18H,14-17H2,1H3. The van der Waals surface area contributed by atoms with Crippen molar-refractivity contribution in [1.29, 1.82) is 0 Å². The maximum atomic E-state index is 12.9. The van der Waals surface area contributed by atoms with Crippen LogP contribution in [0.4, 0.5) is 5.69 Å². The number of hydrogen-bond donors (Lipinski definition) is 0. The van der Waals surface area contributed by atoms with Crippen LogP contribution >= 0.6 is 0 Å². The highest BCUT2D eigenvalue weighted by molar-refractivity contribution is 5.95. The van der Waals surface area contributed by atoms with Crippen molar-refractivity contribution in [2.75, 3.05) is 31.1 Å². The molecule has 0 aliphatic carbocycles. The second kappa shape index (κ2) is 7.67. The molecule has 1 amide bonds. The number of amides is 1. The molecule has 1 heterocycles. The maximum Gasteiger partial charge on any atom is 0.253 e. The van der Waals surface area contributed by atoms with Gasteiger partial charge in [-0.15, -0.1) is 0 Å². The van der Waals surface area contributed by atoms with Crippen molar-refractivity contribution in [2.24, 2.45) is 0 Å². The van der Waals surface area contributed by atoms with Gasteiger partial charge in [-0.25, -0.2) is 0 Å². The van der Waals surface area contributed by atoms with Crippen LogP contribution in [0.5, 0.6) is 0 Å². The molecule has 1 aliphatic rings. The molecule has 1 saturated heterocycles. The van der Waals surface area contributed by atoms with Crippen LogP contribution in [0, 0.1) is 6.92 Å². The van der Waals surface area contributed by atoms with Gasteiger partial charge >= 0.3 is 0 Å². The van der Waals surface area contributed by atoms with Crippen molar-refractivity contribution in [3.8, 4) is 11.1 Å². The topological polar surface area (TPSA) is 23.6 Å². The third-order valence-electron chi connectivity index (χ3n) is 5.17. The van der Waals surface area contributed by atoms with E-state index in [-0.39, 0.29) is 5.91 Å². The third-order valence-corrected chi connectivity index (χ3v) is 5.17. The van der Waals surface area contributed by atoms with Crippen LogP contribution in [0.15, 0.2) is 78.9 Å². The highest BCUT2D eigenvalue weighted by atomic mass is 16.2. The molecular formula is C24H24N2O. The molecule has 0 atom stereocenters. The Balaban J connectivity index is 1.41. The van der Waals surface area contributed by atoms with Crippen molar-refractivity contribution in [3.63, 3.8) is 0 Å². The molecule has 3 aromatic rings. The number of carbonyl (C=O) groups is 1. The van der Waals surface area contributed by atoms with Gasteiger partial charge in [-0.3, -0.25) is 4.79 Å². The van der Waals surface area contributed by atoms with Crippen molar-refractivity contribution in [3.05, 3.63) is 90.0 Å². The molecule has 1 aliphatic heterocycles. The number of benzene rings is 3. The monoisotopic (exact) mass is 356 g/mol. The zero-order valence-corrected chi connectivity index (χ0v) is 15.6. The minimum atomic E-state index is 0.124. The van der Waals surface area contributed by atoms with E-state index in [9.17, 15) is 4.79 Å². The normalized spacial score (nSPS) is 14.3. The van der Waals surface area contributed by atoms with E-state index in [1.165, 1.54) is 16.8 Å². The number of aryl methyl sites for hydroxylation is 1. The van der Waals surface area contributed by atoms with Crippen LogP contribution in [0.3, 0.4) is 0 Å². The molecule has 3 aromatic carbocycles. The van der Waals surface area contributed by atoms with Gasteiger partial charge in [0.05, 0.1) is 0 Å². The van der Waals surface area contributed by atoms with Gasteiger partial charge < -0.3 is 9.80 Å². The predicted molar refractivity (Wildman–Crippen MR) is 111 cm³/mol. The number of hydrogen-bond acceptors (Lipinski definition) is 2. The summed E-state index contributed by atoms with van der Waals surface area (Å²) in [6, 6.07) is 26.8. The Bertz CT molecular complexity index is 911. The number of piperazine rings is 1. The second-order valence-electron chi connectivity index (χ2n) is 7.06. The van der Waals surface area contributed by atoms with Gasteiger partial charge in [0.25, 0.3) is 5.91 Å². The first-order valence-corrected chi connectivity index (χ1v) is 9.47. The zero-order chi connectivity index (χ0) is 18.6. The summed E-state index contributed by atoms with van der Waals surface area (Å²) in [5.74, 6) is 0.124. The lowest BCUT2D eigenvalue weighted by molar-refractivity contribution is 0.0747. The van der Waals surface area contributed by atoms with Gasteiger partial charge in [0.15, 0.2) is 0 Å². The highest BCUT2D eigenvalue weighted by Crippen LogP contribution is 2.21. The van der Waals surface area contributed by atoms with Crippen LogP contribution in [0.2, 0.25) is 0 Å². The SMILES string of the molecule is Cc1cccc(N2CCN(C(=O)c3ccc(-c4ccccc4)cc3)CC2)c1. The van der Waals surface area contributed by atoms with E-state index in [0.29, 0.717) is 0 Å². The van der Waals surface area contributed by atoms with Crippen molar-refractivity contribution >= 4 is 11.6 Å². The first-order valence-electron chi connectivity index (χ1n) is 9.47. The number of anilines is 1. The summed E-state index contributed by atoms with van der Waals surface area (Å²) >= 11 is 0. The summed E-state index contributed by atoms with van der Waals surface area (Å²) in [6.45, 7) is 5.37. The van der Waals surface area contributed by atoms with E-state index in [1.807, 2.05) is 47.4 Å². The van der Waals surface area contributed by atoms with Crippen LogP contribution in [-0.4, -0.2) is 37.0 Å². The third kappa shape index (κ3) is 3.87. The van der Waals surface area contributed by atoms with Crippen molar-refractivity contribution in [1.82, 2.24) is 4.90 Å². The Kier molecular flexibility index (Phi) is 4.93. The summed E-state index contributed by atoms with van der Waals surface area (Å²) in [6.07, 6.45) is 0. The fourth-order valence-corrected chi connectivity index (χ4v) is 3.61. The number of nitrogens with zero attached hydrogens (tertiary/aromatic N) is 2. The quantitative estimate of drug-likeness (QED) is 0.683. The second-order valence-corrected chi connectivity index (χ2v) is 7.06. The van der Waals surface area contributed by atoms with Gasteiger partial charge in [0.1, 0.15) is 0 Å². The predicted octanol–water partition coefficient (Wildman–Crippen LogP) is 4.62. The molecule has 4 rings (SSSR count). The Morgan fingerprint density at radius 2 is 1.41 bits per heavy atom. The summed E-state index contributed by atoms with van der Waals surface area (Å²) in [5, 5.41) is 0. The van der Waals surface area contributed by atoms with Crippen LogP contribution in [0.25, 0.3) is 11.1 Å². The lowest BCUT2D eigenvalue weighted by Gasteiger charge is -2.36. The van der Waals surface area contributed by atoms with Gasteiger partial charge in [0, 0.05) is 37.4 Å². The van der Waals surface area contributed by atoms with Crippen LogP contribution in [0.1, 0.15) is 15.9 Å². The molecule has 0 unspecified atom stereocenters. The Hall–Kier alpha value is -3.07. The lowest BCUT2D eigenvalue weighted by atomic mass is 10.0. The van der Waals surface area contributed by atoms with Gasteiger partial charge in [0.2, 0.25) is 0 Å². The molecule has 0 bridgehead atoms. The molecule has 0 spiro atoms. The molecule has 0 N–H and O–H groups in total. The van der Waals surface area contributed by atoms with Crippen molar-refractivity contribution < 1.29 is 4.79 Å². The summed E-state index contributed by atoms with van der Waals surface area (Å²) in [7, 11) is 0. The van der Waals surface area contributed by atoms with E-state index in [4.69, 9.17) is 0 Å². The Labute approximate surface area is 160 Å². The molecule has 0 radical (unpaired) electrons. The smallest absolute Gasteiger partial charge is 0.253 e. The van der Waals surface area contributed by atoms with E-state index in [2.05, 4.69) is 48.2 Å². The summed E-state index contributed by atoms with van der Waals surface area (Å²) in [4.78, 5) is 17.2. The molecular weight excluding hydrogens is 332 g/mol. The highest BCUT2D eigenvalue weighted by Gasteiger charge is 2.22. The van der Waals surface area contributed by atoms with E-state index in [1.54, 1.807) is 0 Å². The maximum absolute atomic E-state index is 12.9. The van der Waals surface area contributed by atoms with Crippen LogP contribution in [-0.2, 0) is 0 Å². The van der Waals surface area contributed by atoms with Crippen molar-refractivity contribution in [2.45, 2.75) is 6.92 Å². The fourth-order valence-electron chi connectivity index (χ4n) is 3.61. The largest absolute Gasteiger partial charge is 0.368 e. The molecule has 0 aromatic heterocycles. The zero-order valence-electron chi connectivity index (χ0n) is 15.6. The van der Waals surface area contributed by atoms with Gasteiger partial charge in [-0.05, 0) is 47.9 Å². The summed E-state index contributed by atoms with van der Waals surface area (Å²) < 4.78 is 0. The molecule has 136 valence electrons. The average Bonchev–Trinajstić information content (AvgIpc) is 2.74. The number of carbonyl (C=O) groups excluding carboxylic acids is 1. The lowest BCUT2D eigenvalue weighted by Crippen LogP contribution is -2.48. The van der Waals surface area contributed by atoms with Crippen LogP contribution < -0.4 is 4.90 Å². The number of rotatable bonds is 3. The summed E-state index contributed by atoms with van der Waals surface area (Å²) in [5.41, 5.74) is 5.58. The van der Waals surface area contributed by atoms with E-state index in [0.717, 1.165) is 37.3 Å². The molecule has 1 fully saturated rings. The fraction of sp³-hybridized carbons (Fsp3) is 0.208. The first kappa shape index (κ1) is 17.3.